The molecule has 0 aliphatic carbocycles. The summed E-state index contributed by atoms with van der Waals surface area (Å²) in [5.41, 5.74) is 10.4. The van der Waals surface area contributed by atoms with Crippen molar-refractivity contribution in [3.8, 4) is 11.3 Å². The third-order valence-electron chi connectivity index (χ3n) is 8.15. The van der Waals surface area contributed by atoms with E-state index < -0.39 is 0 Å². The van der Waals surface area contributed by atoms with Gasteiger partial charge in [0.15, 0.2) is 11.7 Å². The average molecular weight is 462 g/mol. The van der Waals surface area contributed by atoms with Crippen LogP contribution in [0.15, 0.2) is 91.1 Å². The van der Waals surface area contributed by atoms with E-state index >= 15 is 0 Å². The van der Waals surface area contributed by atoms with E-state index in [4.69, 9.17) is 0 Å². The van der Waals surface area contributed by atoms with Crippen LogP contribution >= 0.6 is 0 Å². The van der Waals surface area contributed by atoms with Crippen molar-refractivity contribution in [3.63, 3.8) is 0 Å². The van der Waals surface area contributed by atoms with E-state index in [1.165, 1.54) is 45.0 Å². The smallest absolute Gasteiger partial charge is 0.213 e. The Morgan fingerprint density at radius 3 is 1.83 bits per heavy atom. The van der Waals surface area contributed by atoms with Crippen LogP contribution in [0.3, 0.4) is 0 Å². The minimum atomic E-state index is 0.119. The Balaban J connectivity index is 1.73. The molecule has 0 fully saturated rings. The van der Waals surface area contributed by atoms with Crippen LogP contribution in [0.1, 0.15) is 62.6 Å². The van der Waals surface area contributed by atoms with Crippen LogP contribution < -0.4 is 9.47 Å². The molecule has 1 aliphatic rings. The maximum absolute atomic E-state index is 2.58. The quantitative estimate of drug-likeness (QED) is 0.260. The highest BCUT2D eigenvalue weighted by Gasteiger charge is 2.50. The molecule has 2 heterocycles. The van der Waals surface area contributed by atoms with Gasteiger partial charge in [-0.2, -0.15) is 4.57 Å². The summed E-state index contributed by atoms with van der Waals surface area (Å²) in [7, 11) is 0. The zero-order valence-corrected chi connectivity index (χ0v) is 21.8. The number of rotatable bonds is 6. The number of hydrogen-bond donors (Lipinski definition) is 0. The standard InChI is InChI=1S/C33H37N2/c1-6-31-29-21-20-28(23-30(29)32-11-9-10-22-34(32)33(31,7-2)8-3)35(26-16-12-24(4)13-17-26)27-18-14-25(5)15-19-27/h9-23,31H,6-8H2,1-5H3/q+1. The topological polar surface area (TPSA) is 7.12 Å². The first-order valence-electron chi connectivity index (χ1n) is 13.1. The predicted molar refractivity (Wildman–Crippen MR) is 148 cm³/mol. The maximum atomic E-state index is 2.58. The first-order chi connectivity index (χ1) is 17.0. The van der Waals surface area contributed by atoms with E-state index in [1.54, 1.807) is 0 Å². The number of pyridine rings is 1. The number of anilines is 3. The maximum Gasteiger partial charge on any atom is 0.213 e. The van der Waals surface area contributed by atoms with Gasteiger partial charge >= 0.3 is 0 Å². The van der Waals surface area contributed by atoms with E-state index in [0.29, 0.717) is 5.92 Å². The van der Waals surface area contributed by atoms with Crippen molar-refractivity contribution < 1.29 is 4.57 Å². The van der Waals surface area contributed by atoms with Crippen LogP contribution in [0.5, 0.6) is 0 Å². The lowest BCUT2D eigenvalue weighted by atomic mass is 9.69. The van der Waals surface area contributed by atoms with Gasteiger partial charge in [-0.05, 0) is 68.3 Å². The SMILES string of the molecule is CCC1c2ccc(N(c3ccc(C)cc3)c3ccc(C)cc3)cc2-c2cccc[n+]2C1(CC)CC. The van der Waals surface area contributed by atoms with Crippen molar-refractivity contribution in [2.75, 3.05) is 4.90 Å². The highest BCUT2D eigenvalue weighted by molar-refractivity contribution is 5.80. The fourth-order valence-corrected chi connectivity index (χ4v) is 6.24. The third kappa shape index (κ3) is 3.86. The van der Waals surface area contributed by atoms with Gasteiger partial charge in [-0.3, -0.25) is 0 Å². The van der Waals surface area contributed by atoms with Crippen molar-refractivity contribution in [3.05, 3.63) is 108 Å². The van der Waals surface area contributed by atoms with Gasteiger partial charge in [-0.1, -0.05) is 62.2 Å². The molecule has 1 aromatic heterocycles. The van der Waals surface area contributed by atoms with E-state index in [2.05, 4.69) is 135 Å². The summed E-state index contributed by atoms with van der Waals surface area (Å²) < 4.78 is 2.58. The van der Waals surface area contributed by atoms with Gasteiger partial charge in [0.1, 0.15) is 0 Å². The lowest BCUT2D eigenvalue weighted by Gasteiger charge is -2.40. The zero-order chi connectivity index (χ0) is 24.6. The van der Waals surface area contributed by atoms with Gasteiger partial charge in [0.25, 0.3) is 0 Å². The van der Waals surface area contributed by atoms with Gasteiger partial charge in [-0.15, -0.1) is 0 Å². The molecule has 178 valence electrons. The molecule has 0 amide bonds. The average Bonchev–Trinajstić information content (AvgIpc) is 2.90. The summed E-state index contributed by atoms with van der Waals surface area (Å²) in [6.45, 7) is 11.3. The van der Waals surface area contributed by atoms with Crippen LogP contribution in [-0.2, 0) is 5.54 Å². The summed E-state index contributed by atoms with van der Waals surface area (Å²) in [5, 5.41) is 0. The van der Waals surface area contributed by atoms with Crippen molar-refractivity contribution in [1.29, 1.82) is 0 Å². The molecule has 2 heteroatoms. The Labute approximate surface area is 210 Å². The Bertz CT molecular complexity index is 1270. The second kappa shape index (κ2) is 9.34. The Kier molecular flexibility index (Phi) is 6.23. The molecule has 0 saturated carbocycles. The van der Waals surface area contributed by atoms with Crippen LogP contribution in [0.25, 0.3) is 11.3 Å². The van der Waals surface area contributed by atoms with E-state index in [0.717, 1.165) is 19.3 Å². The van der Waals surface area contributed by atoms with Gasteiger partial charge in [-0.25, -0.2) is 0 Å². The summed E-state index contributed by atoms with van der Waals surface area (Å²) in [5.74, 6) is 0.494. The third-order valence-corrected chi connectivity index (χ3v) is 8.15. The molecule has 5 rings (SSSR count). The van der Waals surface area contributed by atoms with E-state index in [1.807, 2.05) is 0 Å². The first-order valence-corrected chi connectivity index (χ1v) is 13.1. The number of fused-ring (bicyclic) bond motifs is 3. The summed E-state index contributed by atoms with van der Waals surface area (Å²) in [6.07, 6.45) is 5.70. The molecule has 0 spiro atoms. The predicted octanol–water partition coefficient (Wildman–Crippen LogP) is 8.75. The monoisotopic (exact) mass is 461 g/mol. The number of aromatic nitrogens is 1. The number of aryl methyl sites for hydroxylation is 2. The summed E-state index contributed by atoms with van der Waals surface area (Å²) in [4.78, 5) is 2.38. The zero-order valence-electron chi connectivity index (χ0n) is 21.8. The molecule has 0 N–H and O–H groups in total. The molecule has 0 radical (unpaired) electrons. The van der Waals surface area contributed by atoms with Crippen LogP contribution in [0.2, 0.25) is 0 Å². The molecule has 1 unspecified atom stereocenters. The molecule has 2 nitrogen and oxygen atoms in total. The normalized spacial score (nSPS) is 15.9. The first kappa shape index (κ1) is 23.4. The molecule has 3 aromatic carbocycles. The molecule has 0 saturated heterocycles. The van der Waals surface area contributed by atoms with E-state index in [9.17, 15) is 0 Å². The molecular formula is C33H37N2+. The second-order valence-corrected chi connectivity index (χ2v) is 10.0. The minimum absolute atomic E-state index is 0.119. The number of benzene rings is 3. The highest BCUT2D eigenvalue weighted by Crippen LogP contribution is 2.48. The molecule has 1 aliphatic heterocycles. The van der Waals surface area contributed by atoms with Crippen molar-refractivity contribution in [2.24, 2.45) is 0 Å². The lowest BCUT2D eigenvalue weighted by Crippen LogP contribution is -2.62. The van der Waals surface area contributed by atoms with Crippen molar-refractivity contribution in [2.45, 2.75) is 65.3 Å². The van der Waals surface area contributed by atoms with Crippen molar-refractivity contribution >= 4 is 17.1 Å². The van der Waals surface area contributed by atoms with Crippen molar-refractivity contribution in [1.82, 2.24) is 0 Å². The Morgan fingerprint density at radius 1 is 0.714 bits per heavy atom. The van der Waals surface area contributed by atoms with Crippen LogP contribution in [0.4, 0.5) is 17.1 Å². The Hall–Kier alpha value is -3.39. The number of nitrogens with zero attached hydrogens (tertiary/aromatic N) is 2. The van der Waals surface area contributed by atoms with Gasteiger partial charge in [0.05, 0.1) is 5.56 Å². The fraction of sp³-hybridized carbons (Fsp3) is 0.303. The largest absolute Gasteiger partial charge is 0.310 e. The molecular weight excluding hydrogens is 424 g/mol. The van der Waals surface area contributed by atoms with Crippen LogP contribution in [-0.4, -0.2) is 0 Å². The highest BCUT2D eigenvalue weighted by atomic mass is 15.1. The fourth-order valence-electron chi connectivity index (χ4n) is 6.24. The molecule has 4 aromatic rings. The summed E-state index contributed by atoms with van der Waals surface area (Å²) >= 11 is 0. The minimum Gasteiger partial charge on any atom is -0.310 e. The van der Waals surface area contributed by atoms with Gasteiger partial charge in [0, 0.05) is 48.0 Å². The molecule has 0 bridgehead atoms. The molecule has 35 heavy (non-hydrogen) atoms. The second-order valence-electron chi connectivity index (χ2n) is 10.0. The molecule has 1 atom stereocenters. The van der Waals surface area contributed by atoms with Gasteiger partial charge < -0.3 is 4.90 Å². The summed E-state index contributed by atoms with van der Waals surface area (Å²) in [6, 6.07) is 31.5. The van der Waals surface area contributed by atoms with Gasteiger partial charge in [0.2, 0.25) is 5.69 Å². The number of hydrogen-bond acceptors (Lipinski definition) is 1. The van der Waals surface area contributed by atoms with Crippen LogP contribution in [0, 0.1) is 13.8 Å². The Morgan fingerprint density at radius 2 is 1.29 bits per heavy atom. The lowest BCUT2D eigenvalue weighted by molar-refractivity contribution is -0.762. The van der Waals surface area contributed by atoms with E-state index in [-0.39, 0.29) is 5.54 Å².